The largest absolute Gasteiger partial charge is 0.489 e. The van der Waals surface area contributed by atoms with Gasteiger partial charge in [0, 0.05) is 26.1 Å². The molecule has 0 aromatic heterocycles. The number of morpholine rings is 1. The lowest BCUT2D eigenvalue weighted by Gasteiger charge is -2.26. The van der Waals surface area contributed by atoms with Gasteiger partial charge in [-0.2, -0.15) is 0 Å². The van der Waals surface area contributed by atoms with Crippen molar-refractivity contribution in [2.45, 2.75) is 37.7 Å². The average Bonchev–Trinajstić information content (AvgIpc) is 3.18. The zero-order valence-electron chi connectivity index (χ0n) is 19.8. The van der Waals surface area contributed by atoms with Gasteiger partial charge in [0.15, 0.2) is 0 Å². The second kappa shape index (κ2) is 10.6. The molecule has 0 aliphatic carbocycles. The number of hydrogen-bond donors (Lipinski definition) is 3. The lowest BCUT2D eigenvalue weighted by molar-refractivity contribution is 0.0200. The summed E-state index contributed by atoms with van der Waals surface area (Å²) < 4.78 is 38.1. The lowest BCUT2D eigenvalue weighted by Crippen LogP contribution is -2.52. The van der Waals surface area contributed by atoms with Crippen LogP contribution < -0.4 is 20.2 Å². The first-order chi connectivity index (χ1) is 16.7. The number of fused-ring (bicyclic) bond motifs is 1. The van der Waals surface area contributed by atoms with E-state index in [2.05, 4.69) is 10.7 Å². The lowest BCUT2D eigenvalue weighted by atomic mass is 10.0. The van der Waals surface area contributed by atoms with E-state index in [1.165, 1.54) is 12.1 Å². The second-order valence-electron chi connectivity index (χ2n) is 8.73. The van der Waals surface area contributed by atoms with Crippen LogP contribution in [0.3, 0.4) is 0 Å². The first-order valence-corrected chi connectivity index (χ1v) is 13.0. The highest BCUT2D eigenvalue weighted by molar-refractivity contribution is 7.90. The molecule has 188 valence electrons. The Bertz CT molecular complexity index is 1190. The highest BCUT2D eigenvalue weighted by Crippen LogP contribution is 2.33. The second-order valence-corrected chi connectivity index (χ2v) is 10.4. The van der Waals surface area contributed by atoms with Gasteiger partial charge >= 0.3 is 6.03 Å². The molecule has 3 amide bonds. The smallest absolute Gasteiger partial charge is 0.343 e. The zero-order chi connectivity index (χ0) is 25.0. The van der Waals surface area contributed by atoms with Crippen molar-refractivity contribution in [1.82, 2.24) is 20.5 Å². The van der Waals surface area contributed by atoms with Gasteiger partial charge in [0.1, 0.15) is 11.9 Å². The summed E-state index contributed by atoms with van der Waals surface area (Å²) in [4.78, 5) is 24.8. The van der Waals surface area contributed by atoms with Gasteiger partial charge in [-0.25, -0.2) is 22.9 Å². The van der Waals surface area contributed by atoms with Crippen LogP contribution in [0.15, 0.2) is 41.3 Å². The minimum Gasteiger partial charge on any atom is -0.489 e. The number of benzene rings is 2. The Kier molecular flexibility index (Phi) is 7.58. The van der Waals surface area contributed by atoms with E-state index in [0.717, 1.165) is 23.1 Å². The van der Waals surface area contributed by atoms with Crippen LogP contribution in [-0.4, -0.2) is 64.3 Å². The molecule has 1 saturated heterocycles. The van der Waals surface area contributed by atoms with Crippen LogP contribution in [-0.2, 0) is 27.6 Å². The maximum atomic E-state index is 12.8. The molecule has 1 unspecified atom stereocenters. The summed E-state index contributed by atoms with van der Waals surface area (Å²) in [6, 6.07) is 9.25. The van der Waals surface area contributed by atoms with Crippen molar-refractivity contribution in [2.24, 2.45) is 0 Å². The van der Waals surface area contributed by atoms with E-state index < -0.39 is 16.1 Å². The number of hydrazine groups is 1. The minimum atomic E-state index is -4.02. The van der Waals surface area contributed by atoms with Gasteiger partial charge in [0.2, 0.25) is 0 Å². The highest BCUT2D eigenvalue weighted by atomic mass is 32.2. The Balaban J connectivity index is 1.29. The minimum absolute atomic E-state index is 0.0241. The summed E-state index contributed by atoms with van der Waals surface area (Å²) in [5.74, 6) is 0.453. The first-order valence-electron chi connectivity index (χ1n) is 11.5. The molecule has 0 spiro atoms. The Labute approximate surface area is 205 Å². The number of nitrogens with zero attached hydrogens (tertiary/aromatic N) is 1. The third-order valence-electron chi connectivity index (χ3n) is 5.81. The monoisotopic (exact) mass is 502 g/mol. The van der Waals surface area contributed by atoms with Crippen molar-refractivity contribution in [1.29, 1.82) is 0 Å². The number of hydrogen-bond acceptors (Lipinski definition) is 7. The highest BCUT2D eigenvalue weighted by Gasteiger charge is 2.25. The molecule has 2 aliphatic rings. The molecule has 2 heterocycles. The molecule has 0 bridgehead atoms. The molecule has 2 aliphatic heterocycles. The number of urea groups is 1. The zero-order valence-corrected chi connectivity index (χ0v) is 20.6. The van der Waals surface area contributed by atoms with Crippen LogP contribution in [0.2, 0.25) is 0 Å². The normalized spacial score (nSPS) is 17.8. The molecule has 35 heavy (non-hydrogen) atoms. The van der Waals surface area contributed by atoms with Crippen LogP contribution in [0.4, 0.5) is 4.79 Å². The van der Waals surface area contributed by atoms with Gasteiger partial charge in [-0.1, -0.05) is 18.2 Å². The van der Waals surface area contributed by atoms with Gasteiger partial charge in [-0.15, -0.1) is 0 Å². The maximum absolute atomic E-state index is 12.8. The van der Waals surface area contributed by atoms with E-state index in [1.54, 1.807) is 17.1 Å². The van der Waals surface area contributed by atoms with Crippen molar-refractivity contribution in [3.63, 3.8) is 0 Å². The van der Waals surface area contributed by atoms with Crippen LogP contribution >= 0.6 is 0 Å². The fraction of sp³-hybridized carbons (Fsp3) is 0.417. The first kappa shape index (κ1) is 25.0. The molecule has 11 heteroatoms. The van der Waals surface area contributed by atoms with E-state index in [1.807, 2.05) is 30.7 Å². The number of ether oxygens (including phenoxy) is 2. The van der Waals surface area contributed by atoms with Crippen molar-refractivity contribution < 1.29 is 27.5 Å². The van der Waals surface area contributed by atoms with E-state index in [0.29, 0.717) is 50.6 Å². The molecule has 0 radical (unpaired) electrons. The number of amides is 3. The van der Waals surface area contributed by atoms with E-state index in [9.17, 15) is 18.0 Å². The van der Waals surface area contributed by atoms with Crippen molar-refractivity contribution >= 4 is 22.0 Å². The topological polar surface area (TPSA) is 126 Å². The van der Waals surface area contributed by atoms with Gasteiger partial charge in [0.25, 0.3) is 15.9 Å². The van der Waals surface area contributed by atoms with Gasteiger partial charge in [0.05, 0.1) is 23.7 Å². The SMILES string of the molecule is Cc1cc2c(c(C(=O)NCCc3ccc(S(=O)(=O)NC(=O)NN4CCOCC4)cc3)c1)OC(C)C2. The molecule has 10 nitrogen and oxygen atoms in total. The van der Waals surface area contributed by atoms with Crippen LogP contribution in [0.1, 0.15) is 34.0 Å². The summed E-state index contributed by atoms with van der Waals surface area (Å²) in [6.45, 7) is 6.21. The standard InChI is InChI=1S/C24H30N4O6S/c1-16-13-19-15-17(2)34-22(19)21(14-16)23(29)25-8-7-18-3-5-20(6-4-18)35(31,32)27-24(30)26-28-9-11-33-12-10-28/h3-6,13-14,17H,7-12,15H2,1-2H3,(H,25,29)(H2,26,27,30). The fourth-order valence-electron chi connectivity index (χ4n) is 4.13. The number of aryl methyl sites for hydroxylation is 1. The maximum Gasteiger partial charge on any atom is 0.343 e. The number of nitrogens with one attached hydrogen (secondary N) is 3. The molecule has 2 aromatic rings. The molecule has 1 fully saturated rings. The Morgan fingerprint density at radius 1 is 1.11 bits per heavy atom. The molecule has 4 rings (SSSR count). The summed E-state index contributed by atoms with van der Waals surface area (Å²) in [5.41, 5.74) is 5.95. The third-order valence-corrected chi connectivity index (χ3v) is 7.16. The number of rotatable bonds is 7. The predicted octanol–water partition coefficient (Wildman–Crippen LogP) is 1.53. The van der Waals surface area contributed by atoms with Crippen LogP contribution in [0, 0.1) is 6.92 Å². The van der Waals surface area contributed by atoms with Crippen molar-refractivity contribution in [2.75, 3.05) is 32.8 Å². The van der Waals surface area contributed by atoms with Crippen molar-refractivity contribution in [3.05, 3.63) is 58.7 Å². The summed E-state index contributed by atoms with van der Waals surface area (Å²) >= 11 is 0. The summed E-state index contributed by atoms with van der Waals surface area (Å²) in [6.07, 6.45) is 1.35. The average molecular weight is 503 g/mol. The van der Waals surface area contributed by atoms with Gasteiger partial charge in [-0.05, 0) is 55.2 Å². The molecular formula is C24H30N4O6S. The quantitative estimate of drug-likeness (QED) is 0.524. The fourth-order valence-corrected chi connectivity index (χ4v) is 5.04. The number of sulfonamides is 1. The van der Waals surface area contributed by atoms with E-state index in [-0.39, 0.29) is 16.9 Å². The number of carbonyl (C=O) groups excluding carboxylic acids is 2. The van der Waals surface area contributed by atoms with Gasteiger partial charge in [-0.3, -0.25) is 10.2 Å². The van der Waals surface area contributed by atoms with Crippen LogP contribution in [0.25, 0.3) is 0 Å². The Hall–Kier alpha value is -3.15. The Morgan fingerprint density at radius 3 is 2.54 bits per heavy atom. The molecule has 1 atom stereocenters. The van der Waals surface area contributed by atoms with Gasteiger partial charge < -0.3 is 14.8 Å². The van der Waals surface area contributed by atoms with E-state index >= 15 is 0 Å². The number of carbonyl (C=O) groups is 2. The molecule has 3 N–H and O–H groups in total. The predicted molar refractivity (Wildman–Crippen MR) is 129 cm³/mol. The van der Waals surface area contributed by atoms with E-state index in [4.69, 9.17) is 9.47 Å². The summed E-state index contributed by atoms with van der Waals surface area (Å²) in [7, 11) is -4.02. The third kappa shape index (κ3) is 6.30. The Morgan fingerprint density at radius 2 is 1.83 bits per heavy atom. The molecular weight excluding hydrogens is 472 g/mol. The van der Waals surface area contributed by atoms with Crippen LogP contribution in [0.5, 0.6) is 5.75 Å². The van der Waals surface area contributed by atoms with Crippen molar-refractivity contribution in [3.8, 4) is 5.75 Å². The molecule has 0 saturated carbocycles. The molecule has 2 aromatic carbocycles. The summed E-state index contributed by atoms with van der Waals surface area (Å²) in [5, 5.41) is 4.51.